The summed E-state index contributed by atoms with van der Waals surface area (Å²) in [5, 5.41) is 12.7. The maximum atomic E-state index is 11.6. The van der Waals surface area contributed by atoms with Crippen LogP contribution >= 0.6 is 27.7 Å². The summed E-state index contributed by atoms with van der Waals surface area (Å²) >= 11 is 4.87. The van der Waals surface area contributed by atoms with Gasteiger partial charge in [0.1, 0.15) is 0 Å². The van der Waals surface area contributed by atoms with Crippen LogP contribution in [0.2, 0.25) is 0 Å². The SMILES string of the molecule is O=C1NN=C(c2cccc(Br)c2)CC1SCCO. The van der Waals surface area contributed by atoms with Gasteiger partial charge >= 0.3 is 0 Å². The Labute approximate surface area is 118 Å². The number of thioether (sulfide) groups is 1. The van der Waals surface area contributed by atoms with Crippen LogP contribution in [0.25, 0.3) is 0 Å². The Balaban J connectivity index is 2.13. The third-order valence-electron chi connectivity index (χ3n) is 2.54. The van der Waals surface area contributed by atoms with Crippen molar-refractivity contribution >= 4 is 39.3 Å². The zero-order valence-corrected chi connectivity index (χ0v) is 12.0. The number of nitrogens with zero attached hydrogens (tertiary/aromatic N) is 1. The Hall–Kier alpha value is -0.850. The zero-order valence-electron chi connectivity index (χ0n) is 9.60. The molecule has 0 fully saturated rings. The van der Waals surface area contributed by atoms with Gasteiger partial charge in [-0.25, -0.2) is 5.43 Å². The van der Waals surface area contributed by atoms with Gasteiger partial charge in [0.2, 0.25) is 0 Å². The molecule has 0 bridgehead atoms. The molecule has 0 spiro atoms. The second-order valence-electron chi connectivity index (χ2n) is 3.83. The number of carbonyl (C=O) groups is 1. The van der Waals surface area contributed by atoms with Crippen LogP contribution in [0, 0.1) is 0 Å². The molecule has 1 aromatic carbocycles. The Bertz CT molecular complexity index is 479. The average Bonchev–Trinajstić information content (AvgIpc) is 2.38. The number of hydrogen-bond acceptors (Lipinski definition) is 4. The summed E-state index contributed by atoms with van der Waals surface area (Å²) in [6.07, 6.45) is 0.590. The third-order valence-corrected chi connectivity index (χ3v) is 4.24. The fourth-order valence-electron chi connectivity index (χ4n) is 1.69. The van der Waals surface area contributed by atoms with Crippen LogP contribution in [0.5, 0.6) is 0 Å². The van der Waals surface area contributed by atoms with Crippen LogP contribution in [0.1, 0.15) is 12.0 Å². The van der Waals surface area contributed by atoms with Crippen molar-refractivity contribution in [2.24, 2.45) is 5.10 Å². The summed E-state index contributed by atoms with van der Waals surface area (Å²) in [6, 6.07) is 7.83. The van der Waals surface area contributed by atoms with Crippen LogP contribution in [-0.2, 0) is 4.79 Å². The van der Waals surface area contributed by atoms with Gasteiger partial charge in [0.15, 0.2) is 0 Å². The molecule has 0 saturated heterocycles. The molecule has 96 valence electrons. The van der Waals surface area contributed by atoms with Crippen molar-refractivity contribution in [2.75, 3.05) is 12.4 Å². The van der Waals surface area contributed by atoms with E-state index >= 15 is 0 Å². The van der Waals surface area contributed by atoms with Gasteiger partial charge in [0.25, 0.3) is 5.91 Å². The van der Waals surface area contributed by atoms with E-state index in [4.69, 9.17) is 5.11 Å². The Morgan fingerprint density at radius 2 is 2.39 bits per heavy atom. The van der Waals surface area contributed by atoms with Crippen molar-refractivity contribution in [3.63, 3.8) is 0 Å². The van der Waals surface area contributed by atoms with Crippen molar-refractivity contribution in [2.45, 2.75) is 11.7 Å². The molecule has 0 radical (unpaired) electrons. The molecule has 0 aliphatic carbocycles. The van der Waals surface area contributed by atoms with E-state index in [2.05, 4.69) is 26.5 Å². The average molecular weight is 329 g/mol. The summed E-state index contributed by atoms with van der Waals surface area (Å²) < 4.78 is 0.985. The number of aliphatic hydroxyl groups is 1. The molecule has 1 amide bonds. The molecule has 1 atom stereocenters. The van der Waals surface area contributed by atoms with Gasteiger partial charge in [-0.1, -0.05) is 28.1 Å². The van der Waals surface area contributed by atoms with Gasteiger partial charge in [0.05, 0.1) is 17.6 Å². The van der Waals surface area contributed by atoms with Gasteiger partial charge in [-0.15, -0.1) is 11.8 Å². The number of amides is 1. The van der Waals surface area contributed by atoms with E-state index in [1.165, 1.54) is 11.8 Å². The fourth-order valence-corrected chi connectivity index (χ4v) is 2.96. The van der Waals surface area contributed by atoms with Crippen LogP contribution in [0.15, 0.2) is 33.8 Å². The largest absolute Gasteiger partial charge is 0.396 e. The van der Waals surface area contributed by atoms with Gasteiger partial charge in [-0.05, 0) is 17.7 Å². The molecule has 2 N–H and O–H groups in total. The number of nitrogens with one attached hydrogen (secondary N) is 1. The summed E-state index contributed by atoms with van der Waals surface area (Å²) in [6.45, 7) is 0.0812. The number of hydrogen-bond donors (Lipinski definition) is 2. The fraction of sp³-hybridized carbons (Fsp3) is 0.333. The molecule has 0 saturated carbocycles. The first-order valence-electron chi connectivity index (χ1n) is 5.55. The second kappa shape index (κ2) is 6.36. The number of carbonyl (C=O) groups excluding carboxylic acids is 1. The van der Waals surface area contributed by atoms with Crippen LogP contribution in [0.4, 0.5) is 0 Å². The molecule has 0 aromatic heterocycles. The van der Waals surface area contributed by atoms with Crippen LogP contribution in [0.3, 0.4) is 0 Å². The first-order chi connectivity index (χ1) is 8.70. The first-order valence-corrected chi connectivity index (χ1v) is 7.39. The van der Waals surface area contributed by atoms with Crippen LogP contribution in [-0.4, -0.2) is 34.3 Å². The first kappa shape index (κ1) is 13.6. The number of rotatable bonds is 4. The zero-order chi connectivity index (χ0) is 13.0. The van der Waals surface area contributed by atoms with Gasteiger partial charge in [0, 0.05) is 16.6 Å². The predicted octanol–water partition coefficient (Wildman–Crippen LogP) is 1.77. The maximum absolute atomic E-state index is 11.6. The Morgan fingerprint density at radius 1 is 1.56 bits per heavy atom. The second-order valence-corrected chi connectivity index (χ2v) is 6.06. The number of benzene rings is 1. The molecule has 1 aliphatic heterocycles. The highest BCUT2D eigenvalue weighted by molar-refractivity contribution is 9.10. The molecule has 4 nitrogen and oxygen atoms in total. The summed E-state index contributed by atoms with van der Waals surface area (Å²) in [7, 11) is 0. The number of aliphatic hydroxyl groups excluding tert-OH is 1. The van der Waals surface area contributed by atoms with E-state index in [9.17, 15) is 4.79 Å². The monoisotopic (exact) mass is 328 g/mol. The maximum Gasteiger partial charge on any atom is 0.253 e. The standard InChI is InChI=1S/C12H13BrN2O2S/c13-9-3-1-2-8(6-9)10-7-11(18-5-4-16)12(17)15-14-10/h1-3,6,11,16H,4-5,7H2,(H,15,17). The van der Waals surface area contributed by atoms with Crippen molar-refractivity contribution in [3.8, 4) is 0 Å². The molecule has 2 rings (SSSR count). The van der Waals surface area contributed by atoms with Gasteiger partial charge < -0.3 is 5.11 Å². The van der Waals surface area contributed by atoms with E-state index in [-0.39, 0.29) is 17.8 Å². The molecular formula is C12H13BrN2O2S. The minimum Gasteiger partial charge on any atom is -0.396 e. The summed E-state index contributed by atoms with van der Waals surface area (Å²) in [5.74, 6) is 0.469. The van der Waals surface area contributed by atoms with Crippen molar-refractivity contribution in [3.05, 3.63) is 34.3 Å². The van der Waals surface area contributed by atoms with E-state index < -0.39 is 0 Å². The smallest absolute Gasteiger partial charge is 0.253 e. The molecule has 6 heteroatoms. The normalized spacial score (nSPS) is 19.3. The minimum atomic E-state index is -0.177. The lowest BCUT2D eigenvalue weighted by Crippen LogP contribution is -2.37. The lowest BCUT2D eigenvalue weighted by atomic mass is 10.0. The lowest BCUT2D eigenvalue weighted by Gasteiger charge is -2.20. The Morgan fingerprint density at radius 3 is 3.11 bits per heavy atom. The molecule has 1 unspecified atom stereocenters. The highest BCUT2D eigenvalue weighted by Crippen LogP contribution is 2.22. The van der Waals surface area contributed by atoms with Gasteiger partial charge in [-0.2, -0.15) is 5.10 Å². The minimum absolute atomic E-state index is 0.0812. The Kier molecular flexibility index (Phi) is 4.79. The predicted molar refractivity (Wildman–Crippen MR) is 76.8 cm³/mol. The summed E-state index contributed by atoms with van der Waals surface area (Å²) in [5.41, 5.74) is 4.41. The van der Waals surface area contributed by atoms with Crippen molar-refractivity contribution in [1.29, 1.82) is 0 Å². The third kappa shape index (κ3) is 3.34. The van der Waals surface area contributed by atoms with Crippen molar-refractivity contribution < 1.29 is 9.90 Å². The quantitative estimate of drug-likeness (QED) is 0.885. The lowest BCUT2D eigenvalue weighted by molar-refractivity contribution is -0.120. The molecular weight excluding hydrogens is 316 g/mol. The molecule has 1 aliphatic rings. The van der Waals surface area contributed by atoms with Gasteiger partial charge in [-0.3, -0.25) is 4.79 Å². The van der Waals surface area contributed by atoms with Crippen molar-refractivity contribution in [1.82, 2.24) is 5.43 Å². The topological polar surface area (TPSA) is 61.7 Å². The van der Waals surface area contributed by atoms with E-state index in [1.807, 2.05) is 24.3 Å². The highest BCUT2D eigenvalue weighted by atomic mass is 79.9. The molecule has 18 heavy (non-hydrogen) atoms. The summed E-state index contributed by atoms with van der Waals surface area (Å²) in [4.78, 5) is 11.6. The van der Waals surface area contributed by atoms with E-state index in [1.54, 1.807) is 0 Å². The van der Waals surface area contributed by atoms with E-state index in [0.717, 1.165) is 15.7 Å². The highest BCUT2D eigenvalue weighted by Gasteiger charge is 2.25. The number of halogens is 1. The van der Waals surface area contributed by atoms with Crippen LogP contribution < -0.4 is 5.43 Å². The molecule has 1 heterocycles. The van der Waals surface area contributed by atoms with E-state index in [0.29, 0.717) is 12.2 Å². The molecule has 1 aromatic rings. The number of hydrazone groups is 1.